The molecule has 0 saturated heterocycles. The summed E-state index contributed by atoms with van der Waals surface area (Å²) in [5, 5.41) is 8.79. The maximum absolute atomic E-state index is 12.5. The fraction of sp³-hybridized carbons (Fsp3) is 0.235. The van der Waals surface area contributed by atoms with Crippen LogP contribution in [0.1, 0.15) is 24.1 Å². The molecule has 1 heterocycles. The predicted molar refractivity (Wildman–Crippen MR) is 87.3 cm³/mol. The molecule has 1 aliphatic rings. The predicted octanol–water partition coefficient (Wildman–Crippen LogP) is 2.37. The molecule has 1 aliphatic heterocycles. The molecule has 0 unspecified atom stereocenters. The Bertz CT molecular complexity index is 886. The number of benzene rings is 2. The van der Waals surface area contributed by atoms with Gasteiger partial charge in [0.1, 0.15) is 13.2 Å². The molecule has 0 fully saturated rings. The highest BCUT2D eigenvalue weighted by Crippen LogP contribution is 2.32. The second-order valence-corrected chi connectivity index (χ2v) is 7.10. The summed E-state index contributed by atoms with van der Waals surface area (Å²) in [4.78, 5) is 0.117. The maximum atomic E-state index is 12.5. The van der Waals surface area contributed by atoms with Crippen LogP contribution in [0.5, 0.6) is 11.5 Å². The van der Waals surface area contributed by atoms with E-state index >= 15 is 0 Å². The van der Waals surface area contributed by atoms with E-state index in [2.05, 4.69) is 4.72 Å². The molecule has 0 spiro atoms. The summed E-state index contributed by atoms with van der Waals surface area (Å²) >= 11 is 0. The Kier molecular flexibility index (Phi) is 4.42. The highest BCUT2D eigenvalue weighted by Gasteiger charge is 2.20. The van der Waals surface area contributed by atoms with Crippen LogP contribution in [0.25, 0.3) is 0 Å². The van der Waals surface area contributed by atoms with Crippen molar-refractivity contribution in [3.05, 3.63) is 53.6 Å². The van der Waals surface area contributed by atoms with Crippen LogP contribution >= 0.6 is 0 Å². The topological polar surface area (TPSA) is 88.4 Å². The third-order valence-electron chi connectivity index (χ3n) is 3.69. The molecule has 3 rings (SSSR count). The van der Waals surface area contributed by atoms with Crippen molar-refractivity contribution in [3.63, 3.8) is 0 Å². The molecular weight excluding hydrogens is 328 g/mol. The molecule has 0 saturated carbocycles. The molecule has 124 valence electrons. The molecular formula is C17H16N2O4S. The van der Waals surface area contributed by atoms with E-state index in [-0.39, 0.29) is 4.90 Å². The molecule has 24 heavy (non-hydrogen) atoms. The summed E-state index contributed by atoms with van der Waals surface area (Å²) in [5.74, 6) is 1.27. The van der Waals surface area contributed by atoms with Crippen molar-refractivity contribution >= 4 is 10.0 Å². The number of nitrogens with one attached hydrogen (secondary N) is 1. The summed E-state index contributed by atoms with van der Waals surface area (Å²) in [6.45, 7) is 2.74. The molecule has 0 radical (unpaired) electrons. The monoisotopic (exact) mass is 344 g/mol. The van der Waals surface area contributed by atoms with Crippen LogP contribution in [0.3, 0.4) is 0 Å². The van der Waals surface area contributed by atoms with Gasteiger partial charge < -0.3 is 9.47 Å². The largest absolute Gasteiger partial charge is 0.486 e. The summed E-state index contributed by atoms with van der Waals surface area (Å²) in [6, 6.07) is 12.7. The minimum absolute atomic E-state index is 0.117. The number of hydrogen-bond acceptors (Lipinski definition) is 5. The Morgan fingerprint density at radius 2 is 1.75 bits per heavy atom. The minimum Gasteiger partial charge on any atom is -0.486 e. The Morgan fingerprint density at radius 3 is 2.42 bits per heavy atom. The number of nitriles is 1. The summed E-state index contributed by atoms with van der Waals surface area (Å²) in [7, 11) is -3.69. The SMILES string of the molecule is C[C@H](NS(=O)(=O)c1ccc(C#N)cc1)c1ccc2c(c1)OCCO2. The molecule has 2 aromatic carbocycles. The normalized spacial score (nSPS) is 14.7. The number of ether oxygens (including phenoxy) is 2. The van der Waals surface area contributed by atoms with E-state index in [0.717, 1.165) is 5.56 Å². The molecule has 1 atom stereocenters. The van der Waals surface area contributed by atoms with Crippen molar-refractivity contribution < 1.29 is 17.9 Å². The Morgan fingerprint density at radius 1 is 1.08 bits per heavy atom. The van der Waals surface area contributed by atoms with Crippen molar-refractivity contribution in [2.24, 2.45) is 0 Å². The van der Waals surface area contributed by atoms with Crippen LogP contribution in [0.4, 0.5) is 0 Å². The minimum atomic E-state index is -3.69. The van der Waals surface area contributed by atoms with Crippen LogP contribution in [0, 0.1) is 11.3 Å². The lowest BCUT2D eigenvalue weighted by atomic mass is 10.1. The molecule has 2 aromatic rings. The van der Waals surface area contributed by atoms with Gasteiger partial charge in [0.15, 0.2) is 11.5 Å². The Labute approximate surface area is 140 Å². The van der Waals surface area contributed by atoms with E-state index in [9.17, 15) is 8.42 Å². The fourth-order valence-electron chi connectivity index (χ4n) is 2.41. The average molecular weight is 344 g/mol. The second kappa shape index (κ2) is 6.51. The van der Waals surface area contributed by atoms with Crippen LogP contribution in [-0.4, -0.2) is 21.6 Å². The first-order valence-electron chi connectivity index (χ1n) is 7.41. The second-order valence-electron chi connectivity index (χ2n) is 5.38. The first kappa shape index (κ1) is 16.3. The van der Waals surface area contributed by atoms with Gasteiger partial charge in [0, 0.05) is 6.04 Å². The molecule has 0 aromatic heterocycles. The third-order valence-corrected chi connectivity index (χ3v) is 5.25. The number of rotatable bonds is 4. The van der Waals surface area contributed by atoms with Crippen molar-refractivity contribution in [3.8, 4) is 17.6 Å². The molecule has 0 aliphatic carbocycles. The van der Waals surface area contributed by atoms with E-state index < -0.39 is 16.1 Å². The number of hydrogen-bond donors (Lipinski definition) is 1. The number of nitrogens with zero attached hydrogens (tertiary/aromatic N) is 1. The van der Waals surface area contributed by atoms with E-state index in [4.69, 9.17) is 14.7 Å². The zero-order chi connectivity index (χ0) is 17.2. The van der Waals surface area contributed by atoms with Gasteiger partial charge in [-0.2, -0.15) is 5.26 Å². The molecule has 7 heteroatoms. The number of sulfonamides is 1. The molecule has 6 nitrogen and oxygen atoms in total. The first-order chi connectivity index (χ1) is 11.5. The van der Waals surface area contributed by atoms with E-state index in [1.165, 1.54) is 24.3 Å². The highest BCUT2D eigenvalue weighted by molar-refractivity contribution is 7.89. The van der Waals surface area contributed by atoms with Crippen molar-refractivity contribution in [2.45, 2.75) is 17.9 Å². The standard InChI is InChI=1S/C17H16N2O4S/c1-12(14-4-7-16-17(10-14)23-9-8-22-16)19-24(20,21)15-5-2-13(11-18)3-6-15/h2-7,10,12,19H,8-9H2,1H3/t12-/m0/s1. The maximum Gasteiger partial charge on any atom is 0.241 e. The third kappa shape index (κ3) is 3.35. The van der Waals surface area contributed by atoms with Crippen molar-refractivity contribution in [2.75, 3.05) is 13.2 Å². The fourth-order valence-corrected chi connectivity index (χ4v) is 3.64. The van der Waals surface area contributed by atoms with E-state index in [1.54, 1.807) is 25.1 Å². The van der Waals surface area contributed by atoms with Gasteiger partial charge in [0.25, 0.3) is 0 Å². The van der Waals surface area contributed by atoms with Gasteiger partial charge in [0.2, 0.25) is 10.0 Å². The molecule has 0 bridgehead atoms. The van der Waals surface area contributed by atoms with Crippen molar-refractivity contribution in [1.29, 1.82) is 5.26 Å². The zero-order valence-corrected chi connectivity index (χ0v) is 13.8. The van der Waals surface area contributed by atoms with Crippen molar-refractivity contribution in [1.82, 2.24) is 4.72 Å². The van der Waals surface area contributed by atoms with Crippen LogP contribution in [0.15, 0.2) is 47.4 Å². The lowest BCUT2D eigenvalue weighted by Crippen LogP contribution is -2.27. The first-order valence-corrected chi connectivity index (χ1v) is 8.90. The Hall–Kier alpha value is -2.56. The van der Waals surface area contributed by atoms with Gasteiger partial charge in [-0.1, -0.05) is 6.07 Å². The summed E-state index contributed by atoms with van der Waals surface area (Å²) < 4.78 is 38.5. The number of fused-ring (bicyclic) bond motifs is 1. The smallest absolute Gasteiger partial charge is 0.241 e. The Balaban J connectivity index is 1.80. The van der Waals surface area contributed by atoms with Crippen LogP contribution in [0.2, 0.25) is 0 Å². The van der Waals surface area contributed by atoms with Gasteiger partial charge in [-0.05, 0) is 48.9 Å². The van der Waals surface area contributed by atoms with Crippen LogP contribution < -0.4 is 14.2 Å². The highest BCUT2D eigenvalue weighted by atomic mass is 32.2. The van der Waals surface area contributed by atoms with Gasteiger partial charge in [0.05, 0.1) is 16.5 Å². The average Bonchev–Trinajstić information content (AvgIpc) is 2.61. The summed E-state index contributed by atoms with van der Waals surface area (Å²) in [5.41, 5.74) is 1.19. The zero-order valence-electron chi connectivity index (χ0n) is 13.0. The summed E-state index contributed by atoms with van der Waals surface area (Å²) in [6.07, 6.45) is 0. The lowest BCUT2D eigenvalue weighted by molar-refractivity contribution is 0.171. The van der Waals surface area contributed by atoms with Crippen LogP contribution in [-0.2, 0) is 10.0 Å². The van der Waals surface area contributed by atoms with Gasteiger partial charge in [-0.25, -0.2) is 13.1 Å². The van der Waals surface area contributed by atoms with Gasteiger partial charge in [-0.15, -0.1) is 0 Å². The van der Waals surface area contributed by atoms with E-state index in [0.29, 0.717) is 30.3 Å². The lowest BCUT2D eigenvalue weighted by Gasteiger charge is -2.21. The quantitative estimate of drug-likeness (QED) is 0.920. The van der Waals surface area contributed by atoms with Gasteiger partial charge in [-0.3, -0.25) is 0 Å². The molecule has 1 N–H and O–H groups in total. The molecule has 0 amide bonds. The van der Waals surface area contributed by atoms with E-state index in [1.807, 2.05) is 6.07 Å². The van der Waals surface area contributed by atoms with Gasteiger partial charge >= 0.3 is 0 Å².